The molecule has 1 aliphatic heterocycles. The molecule has 8 nitrogen and oxygen atoms in total. The minimum atomic E-state index is -3.80. The van der Waals surface area contributed by atoms with Crippen LogP contribution in [0, 0.1) is 0 Å². The fraction of sp³-hybridized carbons (Fsp3) is 0.310. The van der Waals surface area contributed by atoms with Crippen LogP contribution in [0.5, 0.6) is 5.75 Å². The number of para-hydroxylation sites is 1. The molecular weight excluding hydrogens is 534 g/mol. The van der Waals surface area contributed by atoms with Crippen LogP contribution in [-0.2, 0) is 14.8 Å². The Balaban J connectivity index is 1.44. The van der Waals surface area contributed by atoms with Crippen LogP contribution in [-0.4, -0.2) is 51.7 Å². The fourth-order valence-electron chi connectivity index (χ4n) is 4.64. The van der Waals surface area contributed by atoms with E-state index >= 15 is 0 Å². The van der Waals surface area contributed by atoms with Gasteiger partial charge in [0.1, 0.15) is 5.75 Å². The van der Waals surface area contributed by atoms with Crippen LogP contribution < -0.4 is 13.9 Å². The first-order valence-corrected chi connectivity index (χ1v) is 15.3. The van der Waals surface area contributed by atoms with Crippen molar-refractivity contribution in [1.29, 1.82) is 0 Å². The van der Waals surface area contributed by atoms with Crippen molar-refractivity contribution < 1.29 is 22.7 Å². The summed E-state index contributed by atoms with van der Waals surface area (Å²) in [6.07, 6.45) is 1.74. The van der Waals surface area contributed by atoms with E-state index in [1.165, 1.54) is 27.8 Å². The number of hydrogen-bond acceptors (Lipinski definition) is 7. The summed E-state index contributed by atoms with van der Waals surface area (Å²) in [6.45, 7) is 5.61. The van der Waals surface area contributed by atoms with E-state index in [1.54, 1.807) is 48.2 Å². The molecule has 1 aliphatic rings. The molecule has 204 valence electrons. The Bertz CT molecular complexity index is 1530. The summed E-state index contributed by atoms with van der Waals surface area (Å²) >= 11 is 1.42. The minimum Gasteiger partial charge on any atom is -0.494 e. The third-order valence-electron chi connectivity index (χ3n) is 6.57. The summed E-state index contributed by atoms with van der Waals surface area (Å²) in [6, 6.07) is 20.8. The highest BCUT2D eigenvalue weighted by molar-refractivity contribution is 7.92. The number of thiazole rings is 1. The average Bonchev–Trinajstić information content (AvgIpc) is 3.62. The molecule has 4 aromatic rings. The second kappa shape index (κ2) is 11.7. The van der Waals surface area contributed by atoms with Crippen molar-refractivity contribution in [1.82, 2.24) is 4.98 Å². The predicted octanol–water partition coefficient (Wildman–Crippen LogP) is 5.74. The lowest BCUT2D eigenvalue weighted by Gasteiger charge is -2.24. The molecular formula is C29H31N3O5S2. The van der Waals surface area contributed by atoms with Gasteiger partial charge in [0.2, 0.25) is 0 Å². The molecule has 3 aromatic carbocycles. The van der Waals surface area contributed by atoms with Gasteiger partial charge in [-0.1, -0.05) is 29.5 Å². The number of carbonyl (C=O) groups excluding carboxylic acids is 1. The molecule has 39 heavy (non-hydrogen) atoms. The summed E-state index contributed by atoms with van der Waals surface area (Å²) in [7, 11) is -3.80. The lowest BCUT2D eigenvalue weighted by atomic mass is 10.2. The molecule has 2 heterocycles. The second-order valence-electron chi connectivity index (χ2n) is 9.14. The lowest BCUT2D eigenvalue weighted by Crippen LogP contribution is -2.37. The first-order valence-electron chi connectivity index (χ1n) is 13.1. The van der Waals surface area contributed by atoms with Crippen LogP contribution in [0.25, 0.3) is 10.2 Å². The van der Waals surface area contributed by atoms with Crippen molar-refractivity contribution >= 4 is 48.3 Å². The molecule has 1 atom stereocenters. The number of fused-ring (bicyclic) bond motifs is 1. The topological polar surface area (TPSA) is 89.0 Å². The van der Waals surface area contributed by atoms with Crippen molar-refractivity contribution in [3.05, 3.63) is 78.4 Å². The normalized spacial score (nSPS) is 15.4. The van der Waals surface area contributed by atoms with Crippen LogP contribution in [0.2, 0.25) is 0 Å². The summed E-state index contributed by atoms with van der Waals surface area (Å²) in [5, 5.41) is 0.567. The van der Waals surface area contributed by atoms with Crippen LogP contribution in [0.4, 0.5) is 10.8 Å². The first-order chi connectivity index (χ1) is 18.9. The van der Waals surface area contributed by atoms with Crippen LogP contribution in [0.3, 0.4) is 0 Å². The number of benzene rings is 3. The highest BCUT2D eigenvalue weighted by Crippen LogP contribution is 2.33. The predicted molar refractivity (Wildman–Crippen MR) is 155 cm³/mol. The molecule has 0 N–H and O–H groups in total. The molecule has 1 aromatic heterocycles. The summed E-state index contributed by atoms with van der Waals surface area (Å²) < 4.78 is 40.5. The molecule has 1 fully saturated rings. The van der Waals surface area contributed by atoms with Gasteiger partial charge >= 0.3 is 0 Å². The maximum Gasteiger partial charge on any atom is 0.264 e. The number of amides is 1. The third-order valence-corrected chi connectivity index (χ3v) is 9.52. The molecule has 0 saturated carbocycles. The minimum absolute atomic E-state index is 0.0800. The summed E-state index contributed by atoms with van der Waals surface area (Å²) in [5.41, 5.74) is 1.75. The maximum absolute atomic E-state index is 13.8. The van der Waals surface area contributed by atoms with E-state index < -0.39 is 10.0 Å². The van der Waals surface area contributed by atoms with E-state index in [0.717, 1.165) is 28.8 Å². The van der Waals surface area contributed by atoms with Gasteiger partial charge in [0.15, 0.2) is 5.13 Å². The number of hydrogen-bond donors (Lipinski definition) is 0. The maximum atomic E-state index is 13.8. The first kappa shape index (κ1) is 27.1. The van der Waals surface area contributed by atoms with Gasteiger partial charge in [0, 0.05) is 18.7 Å². The highest BCUT2D eigenvalue weighted by Gasteiger charge is 2.28. The zero-order chi connectivity index (χ0) is 27.4. The smallest absolute Gasteiger partial charge is 0.264 e. The second-order valence-corrected chi connectivity index (χ2v) is 12.0. The molecule has 0 spiro atoms. The van der Waals surface area contributed by atoms with Crippen molar-refractivity contribution in [3.63, 3.8) is 0 Å². The van der Waals surface area contributed by atoms with Gasteiger partial charge in [-0.2, -0.15) is 0 Å². The van der Waals surface area contributed by atoms with E-state index in [2.05, 4.69) is 0 Å². The summed E-state index contributed by atoms with van der Waals surface area (Å²) in [4.78, 5) is 20.3. The van der Waals surface area contributed by atoms with Crippen molar-refractivity contribution in [2.24, 2.45) is 0 Å². The number of carbonyl (C=O) groups is 1. The standard InChI is InChI=1S/C29H31N3O5S2/c1-3-32(22-9-6-5-7-10-22)39(34,35)25-15-12-21(13-16-25)28(33)31(20-24-11-8-18-37-24)29-30-26-17-14-23(36-4-2)19-27(26)38-29/h5-7,9-10,12-17,19,24H,3-4,8,11,18,20H2,1-2H3. The van der Waals surface area contributed by atoms with Gasteiger partial charge in [-0.3, -0.25) is 14.0 Å². The number of ether oxygens (including phenoxy) is 2. The van der Waals surface area contributed by atoms with Crippen LogP contribution >= 0.6 is 11.3 Å². The van der Waals surface area contributed by atoms with Gasteiger partial charge in [0.25, 0.3) is 15.9 Å². The SMILES string of the molecule is CCOc1ccc2nc(N(CC3CCCO3)C(=O)c3ccc(S(=O)(=O)N(CC)c4ccccc4)cc3)sc2c1. The number of rotatable bonds is 10. The van der Waals surface area contributed by atoms with Gasteiger partial charge in [-0.15, -0.1) is 0 Å². The Morgan fingerprint density at radius 1 is 1.08 bits per heavy atom. The van der Waals surface area contributed by atoms with Crippen LogP contribution in [0.15, 0.2) is 77.7 Å². The zero-order valence-electron chi connectivity index (χ0n) is 21.9. The molecule has 0 bridgehead atoms. The molecule has 5 rings (SSSR count). The van der Waals surface area contributed by atoms with Crippen molar-refractivity contribution in [2.75, 3.05) is 35.5 Å². The lowest BCUT2D eigenvalue weighted by molar-refractivity contribution is 0.0917. The van der Waals surface area contributed by atoms with Gasteiger partial charge in [-0.25, -0.2) is 13.4 Å². The zero-order valence-corrected chi connectivity index (χ0v) is 23.6. The largest absolute Gasteiger partial charge is 0.494 e. The quantitative estimate of drug-likeness (QED) is 0.244. The Labute approximate surface area is 232 Å². The third kappa shape index (κ3) is 5.78. The number of anilines is 2. The molecule has 10 heteroatoms. The van der Waals surface area contributed by atoms with E-state index in [1.807, 2.05) is 31.2 Å². The van der Waals surface area contributed by atoms with Crippen molar-refractivity contribution in [3.8, 4) is 5.75 Å². The molecule has 1 amide bonds. The van der Waals surface area contributed by atoms with Crippen LogP contribution in [0.1, 0.15) is 37.0 Å². The van der Waals surface area contributed by atoms with Gasteiger partial charge < -0.3 is 9.47 Å². The number of aromatic nitrogens is 1. The molecule has 1 saturated heterocycles. The van der Waals surface area contributed by atoms with Gasteiger partial charge in [-0.05, 0) is 81.3 Å². The van der Waals surface area contributed by atoms with E-state index in [9.17, 15) is 13.2 Å². The van der Waals surface area contributed by atoms with Crippen molar-refractivity contribution in [2.45, 2.75) is 37.7 Å². The Morgan fingerprint density at radius 2 is 1.85 bits per heavy atom. The monoisotopic (exact) mass is 565 g/mol. The molecule has 0 aliphatic carbocycles. The van der Waals surface area contributed by atoms with E-state index in [0.29, 0.717) is 36.1 Å². The fourth-order valence-corrected chi connectivity index (χ4v) is 7.12. The Morgan fingerprint density at radius 3 is 2.51 bits per heavy atom. The Kier molecular flexibility index (Phi) is 8.15. The average molecular weight is 566 g/mol. The summed E-state index contributed by atoms with van der Waals surface area (Å²) in [5.74, 6) is 0.500. The van der Waals surface area contributed by atoms with E-state index in [-0.39, 0.29) is 23.5 Å². The number of nitrogens with zero attached hydrogens (tertiary/aromatic N) is 3. The van der Waals surface area contributed by atoms with E-state index in [4.69, 9.17) is 14.5 Å². The molecule has 0 radical (unpaired) electrons. The highest BCUT2D eigenvalue weighted by atomic mass is 32.2. The van der Waals surface area contributed by atoms with Gasteiger partial charge in [0.05, 0.1) is 40.1 Å². The number of sulfonamides is 1. The molecule has 1 unspecified atom stereocenters. The Hall–Kier alpha value is -3.47.